The first kappa shape index (κ1) is 27.8. The fourth-order valence-electron chi connectivity index (χ4n) is 5.79. The van der Waals surface area contributed by atoms with E-state index in [0.717, 1.165) is 47.9 Å². The number of halogens is 2. The molecule has 0 radical (unpaired) electrons. The maximum Gasteiger partial charge on any atom is 0.335 e. The minimum absolute atomic E-state index is 0.155. The van der Waals surface area contributed by atoms with Crippen molar-refractivity contribution < 1.29 is 23.8 Å². The number of benzene rings is 4. The highest BCUT2D eigenvalue weighted by Crippen LogP contribution is 2.38. The van der Waals surface area contributed by atoms with E-state index in [-0.39, 0.29) is 18.2 Å². The van der Waals surface area contributed by atoms with Gasteiger partial charge in [0.1, 0.15) is 29.7 Å². The maximum atomic E-state index is 15.8. The molecule has 1 heterocycles. The molecule has 8 heteroatoms. The van der Waals surface area contributed by atoms with Gasteiger partial charge in [0.2, 0.25) is 0 Å². The molecule has 214 valence electrons. The molecule has 42 heavy (non-hydrogen) atoms. The highest BCUT2D eigenvalue weighted by Gasteiger charge is 2.24. The van der Waals surface area contributed by atoms with Crippen LogP contribution < -0.4 is 9.47 Å². The summed E-state index contributed by atoms with van der Waals surface area (Å²) in [4.78, 5) is 16.3. The van der Waals surface area contributed by atoms with Crippen molar-refractivity contribution >= 4 is 28.6 Å². The average molecular weight is 585 g/mol. The summed E-state index contributed by atoms with van der Waals surface area (Å²) in [5.74, 6) is 0.104. The highest BCUT2D eigenvalue weighted by atomic mass is 35.5. The first-order valence-corrected chi connectivity index (χ1v) is 14.4. The van der Waals surface area contributed by atoms with Gasteiger partial charge in [-0.25, -0.2) is 14.2 Å². The van der Waals surface area contributed by atoms with E-state index in [1.807, 2.05) is 42.5 Å². The van der Waals surface area contributed by atoms with Gasteiger partial charge >= 0.3 is 5.97 Å². The maximum absolute atomic E-state index is 15.8. The van der Waals surface area contributed by atoms with E-state index in [0.29, 0.717) is 33.4 Å². The van der Waals surface area contributed by atoms with Gasteiger partial charge in [-0.1, -0.05) is 49.1 Å². The van der Waals surface area contributed by atoms with E-state index >= 15 is 4.39 Å². The third-order valence-electron chi connectivity index (χ3n) is 7.92. The summed E-state index contributed by atoms with van der Waals surface area (Å²) < 4.78 is 29.4. The smallest absolute Gasteiger partial charge is 0.335 e. The van der Waals surface area contributed by atoms with Crippen LogP contribution in [0.15, 0.2) is 78.9 Å². The predicted octanol–water partition coefficient (Wildman–Crippen LogP) is 8.95. The molecule has 1 aliphatic rings. The molecular weight excluding hydrogens is 555 g/mol. The molecule has 6 rings (SSSR count). The first-order valence-electron chi connectivity index (χ1n) is 14.0. The number of carboxylic acids is 1. The van der Waals surface area contributed by atoms with Gasteiger partial charge < -0.3 is 19.1 Å². The number of imidazole rings is 1. The zero-order chi connectivity index (χ0) is 29.2. The number of aromatic carboxylic acids is 1. The zero-order valence-corrected chi connectivity index (χ0v) is 23.9. The molecule has 0 amide bonds. The van der Waals surface area contributed by atoms with Crippen molar-refractivity contribution in [3.8, 4) is 34.0 Å². The summed E-state index contributed by atoms with van der Waals surface area (Å²) >= 11 is 6.09. The van der Waals surface area contributed by atoms with Gasteiger partial charge in [0, 0.05) is 22.7 Å². The minimum atomic E-state index is -1.02. The van der Waals surface area contributed by atoms with Crippen LogP contribution in [0.5, 0.6) is 11.5 Å². The standard InChI is InChI=1S/C34H30ClFN2O4/c1-41-26-12-14-28(21-7-10-24(35)11-8-21)23(17-26)20-42-27-13-15-29(30(36)19-27)33-37-31-18-22(34(39)40)9-16-32(31)38(33)25-5-3-2-4-6-25/h7-19,25H,2-6,20H2,1H3,(H,39,40). The normalized spacial score (nSPS) is 13.8. The van der Waals surface area contributed by atoms with Crippen LogP contribution in [0.4, 0.5) is 4.39 Å². The van der Waals surface area contributed by atoms with Crippen molar-refractivity contribution in [3.05, 3.63) is 101 Å². The Morgan fingerprint density at radius 1 is 0.952 bits per heavy atom. The van der Waals surface area contributed by atoms with E-state index < -0.39 is 11.8 Å². The number of hydrogen-bond acceptors (Lipinski definition) is 4. The van der Waals surface area contributed by atoms with Crippen molar-refractivity contribution in [1.29, 1.82) is 0 Å². The second-order valence-corrected chi connectivity index (χ2v) is 11.0. The van der Waals surface area contributed by atoms with Gasteiger partial charge in [-0.15, -0.1) is 0 Å². The number of nitrogens with zero attached hydrogens (tertiary/aromatic N) is 2. The lowest BCUT2D eigenvalue weighted by atomic mass is 9.94. The van der Waals surface area contributed by atoms with Crippen LogP contribution in [0, 0.1) is 5.82 Å². The number of carbonyl (C=O) groups is 1. The molecule has 0 unspecified atom stereocenters. The number of fused-ring (bicyclic) bond motifs is 1. The van der Waals surface area contributed by atoms with Gasteiger partial charge in [-0.05, 0) is 78.6 Å². The van der Waals surface area contributed by atoms with Crippen LogP contribution >= 0.6 is 11.6 Å². The Balaban J connectivity index is 1.32. The van der Waals surface area contributed by atoms with Crippen LogP contribution in [-0.2, 0) is 6.61 Å². The fourth-order valence-corrected chi connectivity index (χ4v) is 5.91. The molecule has 4 aromatic carbocycles. The van der Waals surface area contributed by atoms with Gasteiger partial charge in [-0.3, -0.25) is 0 Å². The van der Waals surface area contributed by atoms with Crippen molar-refractivity contribution in [2.45, 2.75) is 44.8 Å². The van der Waals surface area contributed by atoms with E-state index in [9.17, 15) is 9.90 Å². The third-order valence-corrected chi connectivity index (χ3v) is 8.17. The Morgan fingerprint density at radius 2 is 1.69 bits per heavy atom. The van der Waals surface area contributed by atoms with Crippen molar-refractivity contribution in [3.63, 3.8) is 0 Å². The van der Waals surface area contributed by atoms with Crippen LogP contribution in [0.3, 0.4) is 0 Å². The van der Waals surface area contributed by atoms with Crippen LogP contribution in [0.2, 0.25) is 5.02 Å². The topological polar surface area (TPSA) is 73.6 Å². The Morgan fingerprint density at radius 3 is 2.40 bits per heavy atom. The lowest BCUT2D eigenvalue weighted by Crippen LogP contribution is -2.14. The van der Waals surface area contributed by atoms with E-state index in [4.69, 9.17) is 26.1 Å². The highest BCUT2D eigenvalue weighted by molar-refractivity contribution is 6.30. The molecule has 1 fully saturated rings. The minimum Gasteiger partial charge on any atom is -0.497 e. The Hall–Kier alpha value is -4.36. The van der Waals surface area contributed by atoms with Crippen LogP contribution in [0.25, 0.3) is 33.5 Å². The zero-order valence-electron chi connectivity index (χ0n) is 23.1. The number of carboxylic acid groups (broad SMARTS) is 1. The van der Waals surface area contributed by atoms with E-state index in [2.05, 4.69) is 4.57 Å². The molecule has 0 bridgehead atoms. The van der Waals surface area contributed by atoms with Crippen molar-refractivity contribution in [1.82, 2.24) is 9.55 Å². The Bertz CT molecular complexity index is 1760. The monoisotopic (exact) mass is 584 g/mol. The molecule has 5 aromatic rings. The molecule has 0 saturated heterocycles. The van der Waals surface area contributed by atoms with Crippen molar-refractivity contribution in [2.24, 2.45) is 0 Å². The summed E-state index contributed by atoms with van der Waals surface area (Å²) in [5.41, 5.74) is 4.69. The molecule has 1 saturated carbocycles. The van der Waals surface area contributed by atoms with Crippen LogP contribution in [-0.4, -0.2) is 27.7 Å². The molecule has 0 aliphatic heterocycles. The summed E-state index contributed by atoms with van der Waals surface area (Å²) in [5, 5.41) is 10.1. The molecule has 0 atom stereocenters. The molecule has 6 nitrogen and oxygen atoms in total. The SMILES string of the molecule is COc1ccc(-c2ccc(Cl)cc2)c(COc2ccc(-c3nc4cc(C(=O)O)ccc4n3C3CCCCC3)c(F)c2)c1. The van der Waals surface area contributed by atoms with Gasteiger partial charge in [0.05, 0.1) is 29.3 Å². The molecular formula is C34H30ClFN2O4. The summed E-state index contributed by atoms with van der Waals surface area (Å²) in [7, 11) is 1.61. The molecule has 1 N–H and O–H groups in total. The summed E-state index contributed by atoms with van der Waals surface area (Å²) in [6, 6.07) is 23.2. The van der Waals surface area contributed by atoms with Gasteiger partial charge in [0.25, 0.3) is 0 Å². The molecule has 1 aliphatic carbocycles. The predicted molar refractivity (Wildman–Crippen MR) is 162 cm³/mol. The van der Waals surface area contributed by atoms with E-state index in [1.165, 1.54) is 12.5 Å². The number of methoxy groups -OCH3 is 1. The number of ether oxygens (including phenoxy) is 2. The fraction of sp³-hybridized carbons (Fsp3) is 0.235. The lowest BCUT2D eigenvalue weighted by Gasteiger charge is -2.25. The van der Waals surface area contributed by atoms with Crippen LogP contribution in [0.1, 0.15) is 54.1 Å². The summed E-state index contributed by atoms with van der Waals surface area (Å²) in [6.07, 6.45) is 5.30. The van der Waals surface area contributed by atoms with Gasteiger partial charge in [0.15, 0.2) is 0 Å². The average Bonchev–Trinajstić information content (AvgIpc) is 3.39. The van der Waals surface area contributed by atoms with E-state index in [1.54, 1.807) is 37.4 Å². The number of rotatable bonds is 8. The molecule has 0 spiro atoms. The Kier molecular flexibility index (Phi) is 7.85. The second kappa shape index (κ2) is 11.9. The van der Waals surface area contributed by atoms with Gasteiger partial charge in [-0.2, -0.15) is 0 Å². The Labute approximate surface area is 248 Å². The second-order valence-electron chi connectivity index (χ2n) is 10.6. The third kappa shape index (κ3) is 5.57. The lowest BCUT2D eigenvalue weighted by molar-refractivity contribution is 0.0697. The number of hydrogen-bond donors (Lipinski definition) is 1. The number of aromatic nitrogens is 2. The van der Waals surface area contributed by atoms with Crippen molar-refractivity contribution in [2.75, 3.05) is 7.11 Å². The molecule has 1 aromatic heterocycles. The largest absolute Gasteiger partial charge is 0.497 e. The quantitative estimate of drug-likeness (QED) is 0.197. The summed E-state index contributed by atoms with van der Waals surface area (Å²) in [6.45, 7) is 0.201. The first-order chi connectivity index (χ1) is 20.4.